The zero-order valence-corrected chi connectivity index (χ0v) is 28.7. The van der Waals surface area contributed by atoms with Gasteiger partial charge in [0.2, 0.25) is 6.71 Å². The predicted octanol–water partition coefficient (Wildman–Crippen LogP) is 11.4. The first kappa shape index (κ1) is 30.2. The number of hydrogen-bond acceptors (Lipinski definition) is 1. The third-order valence-corrected chi connectivity index (χ3v) is 10.7. The van der Waals surface area contributed by atoms with Crippen LogP contribution in [0.15, 0.2) is 206 Å². The molecule has 10 aromatic carbocycles. The summed E-state index contributed by atoms with van der Waals surface area (Å²) in [5.41, 5.74) is 9.73. The van der Waals surface area contributed by atoms with E-state index < -0.39 is 0 Å². The minimum absolute atomic E-state index is 0.0938. The Kier molecular flexibility index (Phi) is 7.32. The number of fused-ring (bicyclic) bond motifs is 3. The summed E-state index contributed by atoms with van der Waals surface area (Å²) in [5.74, 6) is 0. The average molecular weight is 660 g/mol. The van der Waals surface area contributed by atoms with Gasteiger partial charge >= 0.3 is 0 Å². The van der Waals surface area contributed by atoms with Crippen molar-refractivity contribution < 1.29 is 0 Å². The zero-order valence-electron chi connectivity index (χ0n) is 28.7. The molecule has 0 saturated heterocycles. The van der Waals surface area contributed by atoms with Crippen molar-refractivity contribution in [1.82, 2.24) is 0 Å². The molecule has 0 bridgehead atoms. The van der Waals surface area contributed by atoms with Gasteiger partial charge in [-0.1, -0.05) is 198 Å². The van der Waals surface area contributed by atoms with E-state index in [-0.39, 0.29) is 6.71 Å². The minimum Gasteiger partial charge on any atom is -0.309 e. The molecule has 0 heterocycles. The van der Waals surface area contributed by atoms with Crippen LogP contribution in [0.2, 0.25) is 0 Å². The number of hydrogen-bond donors (Lipinski definition) is 0. The number of benzene rings is 10. The Bertz CT molecular complexity index is 2790. The van der Waals surface area contributed by atoms with Gasteiger partial charge in [0.1, 0.15) is 0 Å². The van der Waals surface area contributed by atoms with Gasteiger partial charge in [-0.3, -0.25) is 0 Å². The minimum atomic E-state index is 0.0938. The normalized spacial score (nSPS) is 11.5. The first-order valence-electron chi connectivity index (χ1n) is 18.1. The number of rotatable bonds is 7. The third kappa shape index (κ3) is 4.87. The van der Waals surface area contributed by atoms with Crippen molar-refractivity contribution in [3.63, 3.8) is 0 Å². The second kappa shape index (κ2) is 12.6. The Morgan fingerprint density at radius 3 is 1.58 bits per heavy atom. The van der Waals surface area contributed by atoms with Gasteiger partial charge in [-0.25, -0.2) is 0 Å². The van der Waals surface area contributed by atoms with Crippen molar-refractivity contribution in [3.8, 4) is 11.1 Å². The van der Waals surface area contributed by atoms with Crippen LogP contribution >= 0.6 is 0 Å². The summed E-state index contributed by atoms with van der Waals surface area (Å²) in [7, 11) is 0. The summed E-state index contributed by atoms with van der Waals surface area (Å²) in [6, 6.07) is 75.4. The van der Waals surface area contributed by atoms with Gasteiger partial charge in [-0.2, -0.15) is 0 Å². The van der Waals surface area contributed by atoms with Crippen molar-refractivity contribution in [3.05, 3.63) is 206 Å². The lowest BCUT2D eigenvalue weighted by atomic mass is 9.36. The number of nitrogens with zero attached hydrogens (tertiary/aromatic N) is 1. The fourth-order valence-electron chi connectivity index (χ4n) is 8.50. The molecule has 0 N–H and O–H groups in total. The molecule has 52 heavy (non-hydrogen) atoms. The van der Waals surface area contributed by atoms with Crippen LogP contribution in [0.4, 0.5) is 17.1 Å². The topological polar surface area (TPSA) is 3.24 Å². The summed E-state index contributed by atoms with van der Waals surface area (Å²) < 4.78 is 0. The Hall–Kier alpha value is -6.64. The number of anilines is 3. The summed E-state index contributed by atoms with van der Waals surface area (Å²) in [6.45, 7) is 0.0938. The lowest BCUT2D eigenvalue weighted by Gasteiger charge is -2.30. The monoisotopic (exact) mass is 659 g/mol. The Morgan fingerprint density at radius 1 is 0.327 bits per heavy atom. The molecule has 0 saturated carbocycles. The Labute approximate surface area is 304 Å². The molecule has 2 heteroatoms. The molecule has 0 radical (unpaired) electrons. The molecule has 242 valence electrons. The maximum Gasteiger partial charge on any atom is 0.241 e. The lowest BCUT2D eigenvalue weighted by molar-refractivity contribution is 1.30. The fraction of sp³-hybridized carbons (Fsp3) is 0. The molecule has 1 nitrogen and oxygen atoms in total. The molecular weight excluding hydrogens is 625 g/mol. The van der Waals surface area contributed by atoms with Gasteiger partial charge in [0, 0.05) is 22.0 Å². The van der Waals surface area contributed by atoms with Crippen LogP contribution in [0.3, 0.4) is 0 Å². The molecule has 0 unspecified atom stereocenters. The predicted molar refractivity (Wildman–Crippen MR) is 225 cm³/mol. The SMILES string of the molecule is c1ccc(B(c2ccccc2)c2ccc3c4ccccc4c4c(N(c5ccccc5)c5ccccc5-c5ccccc5)ccc5ccc2c3c54)cc1. The van der Waals surface area contributed by atoms with Crippen LogP contribution < -0.4 is 21.3 Å². The van der Waals surface area contributed by atoms with E-state index in [0.717, 1.165) is 11.4 Å². The molecule has 0 aliphatic heterocycles. The van der Waals surface area contributed by atoms with Crippen LogP contribution in [0.1, 0.15) is 0 Å². The zero-order chi connectivity index (χ0) is 34.4. The molecule has 10 rings (SSSR count). The Balaban J connectivity index is 1.33. The maximum atomic E-state index is 2.47. The highest BCUT2D eigenvalue weighted by molar-refractivity contribution is 6.97. The molecule has 0 fully saturated rings. The van der Waals surface area contributed by atoms with E-state index in [9.17, 15) is 0 Å². The lowest BCUT2D eigenvalue weighted by Crippen LogP contribution is -2.52. The first-order valence-corrected chi connectivity index (χ1v) is 18.1. The van der Waals surface area contributed by atoms with Gasteiger partial charge in [0.15, 0.2) is 0 Å². The second-order valence-corrected chi connectivity index (χ2v) is 13.6. The van der Waals surface area contributed by atoms with E-state index in [1.165, 1.54) is 76.3 Å². The summed E-state index contributed by atoms with van der Waals surface area (Å²) in [5, 5.41) is 10.3. The molecule has 0 atom stereocenters. The van der Waals surface area contributed by atoms with Gasteiger partial charge in [-0.05, 0) is 62.1 Å². The van der Waals surface area contributed by atoms with E-state index in [1.54, 1.807) is 0 Å². The first-order chi connectivity index (χ1) is 25.8. The van der Waals surface area contributed by atoms with E-state index in [0.29, 0.717) is 0 Å². The van der Waals surface area contributed by atoms with Gasteiger partial charge in [0.25, 0.3) is 0 Å². The van der Waals surface area contributed by atoms with E-state index >= 15 is 0 Å². The van der Waals surface area contributed by atoms with Crippen molar-refractivity contribution in [2.24, 2.45) is 0 Å². The second-order valence-electron chi connectivity index (χ2n) is 13.6. The van der Waals surface area contributed by atoms with Crippen molar-refractivity contribution in [1.29, 1.82) is 0 Å². The molecule has 0 aromatic heterocycles. The van der Waals surface area contributed by atoms with E-state index in [2.05, 4.69) is 211 Å². The van der Waals surface area contributed by atoms with Gasteiger partial charge in [-0.15, -0.1) is 0 Å². The van der Waals surface area contributed by atoms with Gasteiger partial charge < -0.3 is 4.90 Å². The van der Waals surface area contributed by atoms with Gasteiger partial charge in [0.05, 0.1) is 11.4 Å². The molecule has 10 aromatic rings. The molecular formula is C50H34BN. The Morgan fingerprint density at radius 2 is 0.865 bits per heavy atom. The maximum absolute atomic E-state index is 2.47. The standard InChI is InChI=1S/C50H34BN/c1-5-17-35(18-6-1)40-25-15-16-28-46(40)52(39-23-11-4-12-24-39)47-34-30-36-29-31-44-45(51(37-19-7-2-8-20-37)38-21-9-3-10-22-38)33-32-43-41-26-13-14-27-42(41)50(47)48(36)49(43)44/h1-34H. The summed E-state index contributed by atoms with van der Waals surface area (Å²) in [4.78, 5) is 2.47. The van der Waals surface area contributed by atoms with Crippen LogP contribution in [0.5, 0.6) is 0 Å². The van der Waals surface area contributed by atoms with Crippen LogP contribution in [0, 0.1) is 0 Å². The highest BCUT2D eigenvalue weighted by Crippen LogP contribution is 2.49. The quantitative estimate of drug-likeness (QED) is 0.0935. The molecule has 0 aliphatic rings. The van der Waals surface area contributed by atoms with E-state index in [1.807, 2.05) is 0 Å². The van der Waals surface area contributed by atoms with Crippen LogP contribution in [-0.4, -0.2) is 6.71 Å². The fourth-order valence-corrected chi connectivity index (χ4v) is 8.50. The molecule has 0 amide bonds. The molecule has 0 aliphatic carbocycles. The van der Waals surface area contributed by atoms with Crippen molar-refractivity contribution >= 4 is 83.3 Å². The molecule has 0 spiro atoms. The highest BCUT2D eigenvalue weighted by atomic mass is 15.1. The van der Waals surface area contributed by atoms with Crippen molar-refractivity contribution in [2.45, 2.75) is 0 Å². The summed E-state index contributed by atoms with van der Waals surface area (Å²) in [6.07, 6.45) is 0. The largest absolute Gasteiger partial charge is 0.309 e. The van der Waals surface area contributed by atoms with E-state index in [4.69, 9.17) is 0 Å². The van der Waals surface area contributed by atoms with Crippen molar-refractivity contribution in [2.75, 3.05) is 4.90 Å². The average Bonchev–Trinajstić information content (AvgIpc) is 3.23. The van der Waals surface area contributed by atoms with Crippen LogP contribution in [0.25, 0.3) is 54.2 Å². The third-order valence-electron chi connectivity index (χ3n) is 10.7. The smallest absolute Gasteiger partial charge is 0.241 e. The highest BCUT2D eigenvalue weighted by Gasteiger charge is 2.27. The number of para-hydroxylation sites is 2. The van der Waals surface area contributed by atoms with Crippen LogP contribution in [-0.2, 0) is 0 Å². The summed E-state index contributed by atoms with van der Waals surface area (Å²) >= 11 is 0.